The molecule has 1 aliphatic rings. The molecule has 3 rings (SSSR count). The number of pyridine rings is 1. The molecule has 0 saturated heterocycles. The third-order valence-corrected chi connectivity index (χ3v) is 4.29. The standard InChI is InChI=1S/C19H26N2/c1-19(2,3)21-18-12-10-16-13-15(9-11-17(16)20-18)14-7-5-4-6-8-14/h9-14H,4-8H2,1-3H3,(H,20,21). The zero-order valence-electron chi connectivity index (χ0n) is 13.4. The Labute approximate surface area is 128 Å². The molecule has 1 aliphatic carbocycles. The van der Waals surface area contributed by atoms with Gasteiger partial charge in [0.05, 0.1) is 5.52 Å². The predicted molar refractivity (Wildman–Crippen MR) is 90.9 cm³/mol. The van der Waals surface area contributed by atoms with E-state index in [1.165, 1.54) is 43.1 Å². The Morgan fingerprint density at radius 3 is 2.48 bits per heavy atom. The SMILES string of the molecule is CC(C)(C)Nc1ccc2cc(C3CCCCC3)ccc2n1. The molecular formula is C19H26N2. The molecule has 2 aromatic rings. The molecule has 0 bridgehead atoms. The molecule has 0 atom stereocenters. The summed E-state index contributed by atoms with van der Waals surface area (Å²) >= 11 is 0. The first-order valence-corrected chi connectivity index (χ1v) is 8.20. The minimum atomic E-state index is 0.0444. The second kappa shape index (κ2) is 5.67. The van der Waals surface area contributed by atoms with Crippen molar-refractivity contribution in [1.82, 2.24) is 4.98 Å². The molecule has 2 nitrogen and oxygen atoms in total. The Morgan fingerprint density at radius 1 is 1.00 bits per heavy atom. The minimum absolute atomic E-state index is 0.0444. The van der Waals surface area contributed by atoms with Gasteiger partial charge in [0.1, 0.15) is 5.82 Å². The maximum atomic E-state index is 4.74. The molecule has 1 fully saturated rings. The van der Waals surface area contributed by atoms with E-state index in [1.54, 1.807) is 0 Å². The van der Waals surface area contributed by atoms with Gasteiger partial charge in [-0.3, -0.25) is 0 Å². The van der Waals surface area contributed by atoms with Gasteiger partial charge in [-0.15, -0.1) is 0 Å². The third kappa shape index (κ3) is 3.55. The van der Waals surface area contributed by atoms with E-state index in [9.17, 15) is 0 Å². The van der Waals surface area contributed by atoms with Gasteiger partial charge in [-0.25, -0.2) is 4.98 Å². The zero-order chi connectivity index (χ0) is 14.9. The minimum Gasteiger partial charge on any atom is -0.365 e. The molecule has 0 radical (unpaired) electrons. The van der Waals surface area contributed by atoms with E-state index in [-0.39, 0.29) is 5.54 Å². The highest BCUT2D eigenvalue weighted by atomic mass is 15.0. The Bertz CT molecular complexity index is 619. The number of hydrogen-bond acceptors (Lipinski definition) is 2. The van der Waals surface area contributed by atoms with E-state index in [2.05, 4.69) is 56.4 Å². The van der Waals surface area contributed by atoms with Crippen molar-refractivity contribution in [3.63, 3.8) is 0 Å². The van der Waals surface area contributed by atoms with E-state index < -0.39 is 0 Å². The Kier molecular flexibility index (Phi) is 3.88. The first-order chi connectivity index (χ1) is 10.0. The zero-order valence-corrected chi connectivity index (χ0v) is 13.4. The normalized spacial score (nSPS) is 17.1. The number of nitrogens with zero attached hydrogens (tertiary/aromatic N) is 1. The molecule has 1 heterocycles. The molecule has 0 spiro atoms. The van der Waals surface area contributed by atoms with E-state index in [0.717, 1.165) is 17.3 Å². The van der Waals surface area contributed by atoms with Gasteiger partial charge in [-0.1, -0.05) is 25.3 Å². The highest BCUT2D eigenvalue weighted by Gasteiger charge is 2.16. The number of nitrogens with one attached hydrogen (secondary N) is 1. The maximum absolute atomic E-state index is 4.74. The van der Waals surface area contributed by atoms with Crippen molar-refractivity contribution in [2.75, 3.05) is 5.32 Å². The van der Waals surface area contributed by atoms with E-state index in [0.29, 0.717) is 0 Å². The highest BCUT2D eigenvalue weighted by molar-refractivity contribution is 5.81. The van der Waals surface area contributed by atoms with Crippen LogP contribution >= 0.6 is 0 Å². The van der Waals surface area contributed by atoms with Crippen LogP contribution in [0.1, 0.15) is 64.4 Å². The van der Waals surface area contributed by atoms with Gasteiger partial charge in [0, 0.05) is 10.9 Å². The van der Waals surface area contributed by atoms with Crippen molar-refractivity contribution in [3.05, 3.63) is 35.9 Å². The number of hydrogen-bond donors (Lipinski definition) is 1. The Morgan fingerprint density at radius 2 is 1.76 bits per heavy atom. The molecule has 1 saturated carbocycles. The summed E-state index contributed by atoms with van der Waals surface area (Å²) in [5.41, 5.74) is 2.63. The lowest BCUT2D eigenvalue weighted by atomic mass is 9.84. The van der Waals surface area contributed by atoms with Gasteiger partial charge >= 0.3 is 0 Å². The van der Waals surface area contributed by atoms with Crippen molar-refractivity contribution in [3.8, 4) is 0 Å². The van der Waals surface area contributed by atoms with Crippen molar-refractivity contribution < 1.29 is 0 Å². The Balaban J connectivity index is 1.87. The quantitative estimate of drug-likeness (QED) is 0.787. The van der Waals surface area contributed by atoms with Crippen molar-refractivity contribution in [2.24, 2.45) is 0 Å². The van der Waals surface area contributed by atoms with Crippen molar-refractivity contribution in [2.45, 2.75) is 64.3 Å². The molecular weight excluding hydrogens is 256 g/mol. The fourth-order valence-corrected chi connectivity index (χ4v) is 3.29. The van der Waals surface area contributed by atoms with Gasteiger partial charge < -0.3 is 5.32 Å². The molecule has 2 heteroatoms. The molecule has 112 valence electrons. The van der Waals surface area contributed by atoms with E-state index in [4.69, 9.17) is 4.98 Å². The number of rotatable bonds is 2. The second-order valence-electron chi connectivity index (χ2n) is 7.36. The molecule has 1 aromatic carbocycles. The highest BCUT2D eigenvalue weighted by Crippen LogP contribution is 2.33. The van der Waals surface area contributed by atoms with Crippen molar-refractivity contribution in [1.29, 1.82) is 0 Å². The summed E-state index contributed by atoms with van der Waals surface area (Å²) in [5.74, 6) is 1.72. The third-order valence-electron chi connectivity index (χ3n) is 4.29. The summed E-state index contributed by atoms with van der Waals surface area (Å²) in [4.78, 5) is 4.74. The number of aromatic nitrogens is 1. The lowest BCUT2D eigenvalue weighted by Gasteiger charge is -2.23. The average Bonchev–Trinajstić information content (AvgIpc) is 2.46. The largest absolute Gasteiger partial charge is 0.365 e. The van der Waals surface area contributed by atoms with Crippen LogP contribution in [0.5, 0.6) is 0 Å². The van der Waals surface area contributed by atoms with Crippen LogP contribution in [0.2, 0.25) is 0 Å². The molecule has 0 amide bonds. The summed E-state index contributed by atoms with van der Waals surface area (Å²) in [5, 5.41) is 4.70. The van der Waals surface area contributed by atoms with Gasteiger partial charge in [-0.05, 0) is 69.4 Å². The first kappa shape index (κ1) is 14.4. The molecule has 1 N–H and O–H groups in total. The van der Waals surface area contributed by atoms with Gasteiger partial charge in [0.15, 0.2) is 0 Å². The first-order valence-electron chi connectivity index (χ1n) is 8.20. The smallest absolute Gasteiger partial charge is 0.127 e. The number of fused-ring (bicyclic) bond motifs is 1. The number of benzene rings is 1. The van der Waals surface area contributed by atoms with E-state index >= 15 is 0 Å². The summed E-state index contributed by atoms with van der Waals surface area (Å²) in [6, 6.07) is 11.1. The van der Waals surface area contributed by atoms with E-state index in [1.807, 2.05) is 0 Å². The second-order valence-corrected chi connectivity index (χ2v) is 7.36. The fraction of sp³-hybridized carbons (Fsp3) is 0.526. The molecule has 1 aromatic heterocycles. The van der Waals surface area contributed by atoms with Crippen LogP contribution in [0.3, 0.4) is 0 Å². The Hall–Kier alpha value is -1.57. The summed E-state index contributed by atoms with van der Waals surface area (Å²) in [6.45, 7) is 6.47. The number of anilines is 1. The van der Waals surface area contributed by atoms with Gasteiger partial charge in [-0.2, -0.15) is 0 Å². The predicted octanol–water partition coefficient (Wildman–Crippen LogP) is 5.49. The van der Waals surface area contributed by atoms with Crippen LogP contribution in [0.15, 0.2) is 30.3 Å². The van der Waals surface area contributed by atoms with Crippen LogP contribution < -0.4 is 5.32 Å². The van der Waals surface area contributed by atoms with Crippen LogP contribution in [-0.2, 0) is 0 Å². The molecule has 0 unspecified atom stereocenters. The monoisotopic (exact) mass is 282 g/mol. The van der Waals surface area contributed by atoms with Gasteiger partial charge in [0.2, 0.25) is 0 Å². The topological polar surface area (TPSA) is 24.9 Å². The van der Waals surface area contributed by atoms with Crippen LogP contribution in [-0.4, -0.2) is 10.5 Å². The maximum Gasteiger partial charge on any atom is 0.127 e. The molecule has 21 heavy (non-hydrogen) atoms. The van der Waals surface area contributed by atoms with Gasteiger partial charge in [0.25, 0.3) is 0 Å². The van der Waals surface area contributed by atoms with Crippen molar-refractivity contribution >= 4 is 16.7 Å². The van der Waals surface area contributed by atoms with Crippen LogP contribution in [0.25, 0.3) is 10.9 Å². The fourth-order valence-electron chi connectivity index (χ4n) is 3.29. The summed E-state index contributed by atoms with van der Waals surface area (Å²) in [7, 11) is 0. The average molecular weight is 282 g/mol. The summed E-state index contributed by atoms with van der Waals surface area (Å²) in [6.07, 6.45) is 6.88. The summed E-state index contributed by atoms with van der Waals surface area (Å²) < 4.78 is 0. The lowest BCUT2D eigenvalue weighted by Crippen LogP contribution is -2.26. The molecule has 0 aliphatic heterocycles. The van der Waals surface area contributed by atoms with Crippen LogP contribution in [0.4, 0.5) is 5.82 Å². The van der Waals surface area contributed by atoms with Crippen LogP contribution in [0, 0.1) is 0 Å². The lowest BCUT2D eigenvalue weighted by molar-refractivity contribution is 0.444.